The van der Waals surface area contributed by atoms with E-state index in [1.807, 2.05) is 36.7 Å². The van der Waals surface area contributed by atoms with Crippen LogP contribution in [-0.2, 0) is 0 Å². The average Bonchev–Trinajstić information content (AvgIpc) is 3.00. The molecule has 2 heterocycles. The Labute approximate surface area is 123 Å². The first kappa shape index (κ1) is 11.9. The first-order valence-electron chi connectivity index (χ1n) is 7.00. The SMILES string of the molecule is c1ccc(-c2ccc(-c3cnc4ccccn34)cc2)cc1. The zero-order valence-corrected chi connectivity index (χ0v) is 11.5. The smallest absolute Gasteiger partial charge is 0.137 e. The molecule has 2 heteroatoms. The molecule has 2 aromatic heterocycles. The number of aromatic nitrogens is 2. The van der Waals surface area contributed by atoms with Gasteiger partial charge in [0.1, 0.15) is 5.65 Å². The molecule has 0 atom stereocenters. The highest BCUT2D eigenvalue weighted by molar-refractivity contribution is 5.70. The van der Waals surface area contributed by atoms with Gasteiger partial charge in [0.25, 0.3) is 0 Å². The van der Waals surface area contributed by atoms with E-state index in [0.717, 1.165) is 11.3 Å². The molecule has 0 radical (unpaired) electrons. The second-order valence-corrected chi connectivity index (χ2v) is 5.02. The minimum absolute atomic E-state index is 0.972. The summed E-state index contributed by atoms with van der Waals surface area (Å²) in [6.07, 6.45) is 3.97. The minimum atomic E-state index is 0.972. The number of hydrogen-bond acceptors (Lipinski definition) is 1. The van der Waals surface area contributed by atoms with Crippen LogP contribution in [0.3, 0.4) is 0 Å². The molecule has 21 heavy (non-hydrogen) atoms. The molecule has 0 saturated carbocycles. The van der Waals surface area contributed by atoms with E-state index in [4.69, 9.17) is 0 Å². The van der Waals surface area contributed by atoms with Gasteiger partial charge in [-0.05, 0) is 23.3 Å². The molecule has 4 aromatic rings. The van der Waals surface area contributed by atoms with Crippen molar-refractivity contribution in [1.29, 1.82) is 0 Å². The Bertz CT molecular complexity index is 874. The van der Waals surface area contributed by atoms with Crippen LogP contribution in [0.15, 0.2) is 85.2 Å². The molecule has 0 fully saturated rings. The van der Waals surface area contributed by atoms with Crippen molar-refractivity contribution in [2.75, 3.05) is 0 Å². The van der Waals surface area contributed by atoms with E-state index >= 15 is 0 Å². The molecular formula is C19H14N2. The van der Waals surface area contributed by atoms with Crippen molar-refractivity contribution < 1.29 is 0 Å². The summed E-state index contributed by atoms with van der Waals surface area (Å²) in [6, 6.07) is 25.1. The van der Waals surface area contributed by atoms with Gasteiger partial charge in [-0.2, -0.15) is 0 Å². The minimum Gasteiger partial charge on any atom is -0.300 e. The van der Waals surface area contributed by atoms with Crippen LogP contribution in [0.2, 0.25) is 0 Å². The van der Waals surface area contributed by atoms with E-state index in [0.29, 0.717) is 0 Å². The Hall–Kier alpha value is -2.87. The van der Waals surface area contributed by atoms with Gasteiger partial charge in [0.15, 0.2) is 0 Å². The van der Waals surface area contributed by atoms with Crippen LogP contribution >= 0.6 is 0 Å². The fourth-order valence-electron chi connectivity index (χ4n) is 2.61. The zero-order valence-electron chi connectivity index (χ0n) is 11.5. The maximum absolute atomic E-state index is 4.44. The molecule has 2 aromatic carbocycles. The van der Waals surface area contributed by atoms with Gasteiger partial charge in [-0.3, -0.25) is 4.40 Å². The summed E-state index contributed by atoms with van der Waals surface area (Å²) in [7, 11) is 0. The number of fused-ring (bicyclic) bond motifs is 1. The highest BCUT2D eigenvalue weighted by atomic mass is 15.0. The molecule has 4 rings (SSSR count). The molecule has 0 aliphatic carbocycles. The number of pyridine rings is 1. The van der Waals surface area contributed by atoms with Crippen LogP contribution in [0.5, 0.6) is 0 Å². The van der Waals surface area contributed by atoms with Gasteiger partial charge in [0, 0.05) is 11.8 Å². The number of nitrogens with zero attached hydrogens (tertiary/aromatic N) is 2. The van der Waals surface area contributed by atoms with Gasteiger partial charge in [0.05, 0.1) is 11.9 Å². The number of rotatable bonds is 2. The Morgan fingerprint density at radius 3 is 2.10 bits per heavy atom. The summed E-state index contributed by atoms with van der Waals surface area (Å²) in [5.41, 5.74) is 5.73. The van der Waals surface area contributed by atoms with E-state index in [9.17, 15) is 0 Å². The van der Waals surface area contributed by atoms with Gasteiger partial charge in [-0.15, -0.1) is 0 Å². The van der Waals surface area contributed by atoms with E-state index in [-0.39, 0.29) is 0 Å². The van der Waals surface area contributed by atoms with Gasteiger partial charge >= 0.3 is 0 Å². The summed E-state index contributed by atoms with van der Waals surface area (Å²) >= 11 is 0. The predicted molar refractivity (Wildman–Crippen MR) is 86.1 cm³/mol. The second-order valence-electron chi connectivity index (χ2n) is 5.02. The topological polar surface area (TPSA) is 17.3 Å². The van der Waals surface area contributed by atoms with Crippen molar-refractivity contribution >= 4 is 5.65 Å². The monoisotopic (exact) mass is 270 g/mol. The van der Waals surface area contributed by atoms with E-state index in [2.05, 4.69) is 57.9 Å². The molecular weight excluding hydrogens is 256 g/mol. The average molecular weight is 270 g/mol. The lowest BCUT2D eigenvalue weighted by Gasteiger charge is -2.05. The largest absolute Gasteiger partial charge is 0.300 e. The molecule has 0 amide bonds. The maximum atomic E-state index is 4.44. The van der Waals surface area contributed by atoms with E-state index in [1.54, 1.807) is 0 Å². The third-order valence-corrected chi connectivity index (χ3v) is 3.70. The Kier molecular flexibility index (Phi) is 2.79. The van der Waals surface area contributed by atoms with Crippen molar-refractivity contribution in [3.05, 3.63) is 85.2 Å². The van der Waals surface area contributed by atoms with Crippen LogP contribution in [0.25, 0.3) is 28.0 Å². The molecule has 0 spiro atoms. The van der Waals surface area contributed by atoms with Crippen molar-refractivity contribution in [3.8, 4) is 22.4 Å². The molecule has 0 saturated heterocycles. The van der Waals surface area contributed by atoms with Crippen molar-refractivity contribution in [3.63, 3.8) is 0 Å². The molecule has 100 valence electrons. The second kappa shape index (κ2) is 4.91. The van der Waals surface area contributed by atoms with Crippen LogP contribution < -0.4 is 0 Å². The maximum Gasteiger partial charge on any atom is 0.137 e. The predicted octanol–water partition coefficient (Wildman–Crippen LogP) is 4.67. The van der Waals surface area contributed by atoms with E-state index < -0.39 is 0 Å². The summed E-state index contributed by atoms with van der Waals surface area (Å²) in [5, 5.41) is 0. The summed E-state index contributed by atoms with van der Waals surface area (Å²) < 4.78 is 2.11. The lowest BCUT2D eigenvalue weighted by atomic mass is 10.0. The van der Waals surface area contributed by atoms with Crippen LogP contribution in [0, 0.1) is 0 Å². The Morgan fingerprint density at radius 2 is 1.29 bits per heavy atom. The lowest BCUT2D eigenvalue weighted by molar-refractivity contribution is 1.19. The zero-order chi connectivity index (χ0) is 14.1. The summed E-state index contributed by atoms with van der Waals surface area (Å²) in [5.74, 6) is 0. The molecule has 0 bridgehead atoms. The van der Waals surface area contributed by atoms with Gasteiger partial charge in [-0.1, -0.05) is 60.7 Å². The first-order valence-corrected chi connectivity index (χ1v) is 7.00. The van der Waals surface area contributed by atoms with Gasteiger partial charge in [-0.25, -0.2) is 4.98 Å². The van der Waals surface area contributed by atoms with Crippen LogP contribution in [0.1, 0.15) is 0 Å². The Morgan fingerprint density at radius 1 is 0.619 bits per heavy atom. The van der Waals surface area contributed by atoms with E-state index in [1.165, 1.54) is 16.7 Å². The first-order chi connectivity index (χ1) is 10.4. The van der Waals surface area contributed by atoms with Crippen molar-refractivity contribution in [2.45, 2.75) is 0 Å². The van der Waals surface area contributed by atoms with Crippen molar-refractivity contribution in [2.24, 2.45) is 0 Å². The summed E-state index contributed by atoms with van der Waals surface area (Å²) in [4.78, 5) is 4.44. The van der Waals surface area contributed by atoms with Gasteiger partial charge in [0.2, 0.25) is 0 Å². The number of hydrogen-bond donors (Lipinski definition) is 0. The van der Waals surface area contributed by atoms with Crippen molar-refractivity contribution in [1.82, 2.24) is 9.38 Å². The van der Waals surface area contributed by atoms with Gasteiger partial charge < -0.3 is 0 Å². The third kappa shape index (κ3) is 2.11. The molecule has 2 nitrogen and oxygen atoms in total. The van der Waals surface area contributed by atoms with Crippen LogP contribution in [0.4, 0.5) is 0 Å². The number of benzene rings is 2. The third-order valence-electron chi connectivity index (χ3n) is 3.70. The molecule has 0 aliphatic rings. The normalized spacial score (nSPS) is 10.9. The standard InChI is InChI=1S/C19H14N2/c1-2-6-15(7-3-1)16-9-11-17(12-10-16)18-14-20-19-8-4-5-13-21(18)19/h1-14H. The highest BCUT2D eigenvalue weighted by Gasteiger charge is 2.05. The Balaban J connectivity index is 1.77. The van der Waals surface area contributed by atoms with Crippen LogP contribution in [-0.4, -0.2) is 9.38 Å². The highest BCUT2D eigenvalue weighted by Crippen LogP contribution is 2.25. The number of imidazole rings is 1. The summed E-state index contributed by atoms with van der Waals surface area (Å²) in [6.45, 7) is 0. The lowest BCUT2D eigenvalue weighted by Crippen LogP contribution is -1.87. The quantitative estimate of drug-likeness (QED) is 0.517. The molecule has 0 unspecified atom stereocenters. The molecule has 0 aliphatic heterocycles. The fourth-order valence-corrected chi connectivity index (χ4v) is 2.61. The fraction of sp³-hybridized carbons (Fsp3) is 0. The molecule has 0 N–H and O–H groups in total.